The van der Waals surface area contributed by atoms with Crippen LogP contribution >= 0.6 is 11.6 Å². The Hall–Kier alpha value is -0.240. The minimum atomic E-state index is -0.254. The molecule has 0 heterocycles. The average molecular weight is 231 g/mol. The number of esters is 1. The third-order valence-corrected chi connectivity index (χ3v) is 4.12. The van der Waals surface area contributed by atoms with Crippen LogP contribution in [0.4, 0.5) is 0 Å². The van der Waals surface area contributed by atoms with Gasteiger partial charge in [0.15, 0.2) is 0 Å². The number of alkyl halides is 1. The van der Waals surface area contributed by atoms with E-state index in [1.54, 1.807) is 0 Å². The van der Waals surface area contributed by atoms with Gasteiger partial charge in [-0.25, -0.2) is 0 Å². The largest absolute Gasteiger partial charge is 0.461 e. The quantitative estimate of drug-likeness (QED) is 0.538. The fourth-order valence-electron chi connectivity index (χ4n) is 3.15. The summed E-state index contributed by atoms with van der Waals surface area (Å²) in [6, 6.07) is 0. The summed E-state index contributed by atoms with van der Waals surface area (Å²) in [4.78, 5) is 11.1. The lowest BCUT2D eigenvalue weighted by Gasteiger charge is -2.38. The Morgan fingerprint density at radius 3 is 2.60 bits per heavy atom. The van der Waals surface area contributed by atoms with Crippen LogP contribution in [-0.2, 0) is 9.53 Å². The van der Waals surface area contributed by atoms with Crippen LogP contribution in [0.3, 0.4) is 0 Å². The average Bonchev–Trinajstić information content (AvgIpc) is 2.29. The fourth-order valence-corrected chi connectivity index (χ4v) is 3.22. The van der Waals surface area contributed by atoms with E-state index in [-0.39, 0.29) is 18.0 Å². The Labute approximate surface area is 96.3 Å². The highest BCUT2D eigenvalue weighted by Crippen LogP contribution is 2.41. The van der Waals surface area contributed by atoms with Crippen LogP contribution < -0.4 is 0 Å². The maximum Gasteiger partial charge on any atom is 0.321 e. The number of carbonyl (C=O) groups is 1. The molecular formula is C12H19ClO2. The van der Waals surface area contributed by atoms with Gasteiger partial charge in [-0.2, -0.15) is 0 Å². The number of hydrogen-bond donors (Lipinski definition) is 0. The summed E-state index contributed by atoms with van der Waals surface area (Å²) in [6.45, 7) is 0. The minimum absolute atomic E-state index is 0.00933. The molecule has 0 bridgehead atoms. The van der Waals surface area contributed by atoms with E-state index in [9.17, 15) is 4.79 Å². The topological polar surface area (TPSA) is 26.3 Å². The van der Waals surface area contributed by atoms with Gasteiger partial charge in [-0.15, -0.1) is 11.6 Å². The molecule has 0 aliphatic heterocycles. The monoisotopic (exact) mass is 230 g/mol. The van der Waals surface area contributed by atoms with Gasteiger partial charge in [-0.3, -0.25) is 4.79 Å². The van der Waals surface area contributed by atoms with Gasteiger partial charge < -0.3 is 4.74 Å². The van der Waals surface area contributed by atoms with Crippen molar-refractivity contribution in [1.29, 1.82) is 0 Å². The molecule has 2 nitrogen and oxygen atoms in total. The highest BCUT2D eigenvalue weighted by atomic mass is 35.5. The van der Waals surface area contributed by atoms with Crippen LogP contribution in [0.5, 0.6) is 0 Å². The summed E-state index contributed by atoms with van der Waals surface area (Å²) in [5.41, 5.74) is 0. The Morgan fingerprint density at radius 2 is 1.87 bits per heavy atom. The first-order valence-electron chi connectivity index (χ1n) is 6.05. The van der Waals surface area contributed by atoms with Crippen molar-refractivity contribution in [2.75, 3.05) is 5.88 Å². The molecule has 0 aromatic carbocycles. The molecule has 2 saturated carbocycles. The summed E-state index contributed by atoms with van der Waals surface area (Å²) in [6.07, 6.45) is 8.99. The number of hydrogen-bond acceptors (Lipinski definition) is 2. The summed E-state index contributed by atoms with van der Waals surface area (Å²) >= 11 is 5.43. The van der Waals surface area contributed by atoms with Crippen molar-refractivity contribution in [3.63, 3.8) is 0 Å². The van der Waals surface area contributed by atoms with Gasteiger partial charge in [-0.05, 0) is 31.1 Å². The lowest BCUT2D eigenvalue weighted by Crippen LogP contribution is -2.33. The van der Waals surface area contributed by atoms with Crippen LogP contribution in [0.25, 0.3) is 0 Å². The molecule has 2 aliphatic carbocycles. The third kappa shape index (κ3) is 2.87. The first-order chi connectivity index (χ1) is 7.29. The zero-order chi connectivity index (χ0) is 10.7. The molecule has 2 fully saturated rings. The molecule has 0 saturated heterocycles. The van der Waals surface area contributed by atoms with Crippen LogP contribution in [0.2, 0.25) is 0 Å². The summed E-state index contributed by atoms with van der Waals surface area (Å²) < 4.78 is 5.32. The van der Waals surface area contributed by atoms with Crippen molar-refractivity contribution in [2.24, 2.45) is 11.8 Å². The van der Waals surface area contributed by atoms with Crippen LogP contribution in [0.1, 0.15) is 44.9 Å². The van der Waals surface area contributed by atoms with Crippen molar-refractivity contribution in [3.05, 3.63) is 0 Å². The molecule has 0 spiro atoms. The SMILES string of the molecule is O=C(CCl)OC1CCC2CCCCC2C1. The van der Waals surface area contributed by atoms with E-state index >= 15 is 0 Å². The molecule has 0 amide bonds. The number of halogens is 1. The molecule has 0 radical (unpaired) electrons. The maximum absolute atomic E-state index is 11.1. The van der Waals surface area contributed by atoms with Gasteiger partial charge in [0.05, 0.1) is 0 Å². The highest BCUT2D eigenvalue weighted by molar-refractivity contribution is 6.26. The second-order valence-corrected chi connectivity index (χ2v) is 5.13. The molecule has 2 aliphatic rings. The van der Waals surface area contributed by atoms with Gasteiger partial charge >= 0.3 is 5.97 Å². The Morgan fingerprint density at radius 1 is 1.13 bits per heavy atom. The van der Waals surface area contributed by atoms with E-state index in [1.807, 2.05) is 0 Å². The molecule has 0 aromatic rings. The number of ether oxygens (including phenoxy) is 1. The van der Waals surface area contributed by atoms with Crippen LogP contribution in [0.15, 0.2) is 0 Å². The van der Waals surface area contributed by atoms with E-state index < -0.39 is 0 Å². The van der Waals surface area contributed by atoms with Crippen molar-refractivity contribution in [3.8, 4) is 0 Å². The van der Waals surface area contributed by atoms with Crippen molar-refractivity contribution in [1.82, 2.24) is 0 Å². The third-order valence-electron chi connectivity index (χ3n) is 3.90. The second-order valence-electron chi connectivity index (χ2n) is 4.86. The van der Waals surface area contributed by atoms with Gasteiger partial charge in [0.1, 0.15) is 12.0 Å². The van der Waals surface area contributed by atoms with Gasteiger partial charge in [-0.1, -0.05) is 25.7 Å². The van der Waals surface area contributed by atoms with Crippen LogP contribution in [-0.4, -0.2) is 18.0 Å². The molecule has 3 atom stereocenters. The van der Waals surface area contributed by atoms with Gasteiger partial charge in [0, 0.05) is 0 Å². The van der Waals surface area contributed by atoms with Crippen molar-refractivity contribution < 1.29 is 9.53 Å². The number of fused-ring (bicyclic) bond motifs is 1. The molecule has 15 heavy (non-hydrogen) atoms. The second kappa shape index (κ2) is 5.20. The zero-order valence-electron chi connectivity index (χ0n) is 9.08. The lowest BCUT2D eigenvalue weighted by atomic mass is 9.70. The molecule has 3 unspecified atom stereocenters. The zero-order valence-corrected chi connectivity index (χ0v) is 9.84. The van der Waals surface area contributed by atoms with Gasteiger partial charge in [0.25, 0.3) is 0 Å². The molecule has 2 rings (SSSR count). The normalized spacial score (nSPS) is 35.7. The Kier molecular flexibility index (Phi) is 3.90. The first kappa shape index (κ1) is 11.3. The molecule has 86 valence electrons. The van der Waals surface area contributed by atoms with Crippen molar-refractivity contribution >= 4 is 17.6 Å². The number of carbonyl (C=O) groups excluding carboxylic acids is 1. The Balaban J connectivity index is 1.83. The summed E-state index contributed by atoms with van der Waals surface area (Å²) in [5, 5.41) is 0. The predicted molar refractivity (Wildman–Crippen MR) is 59.9 cm³/mol. The van der Waals surface area contributed by atoms with E-state index in [1.165, 1.54) is 32.1 Å². The molecular weight excluding hydrogens is 212 g/mol. The minimum Gasteiger partial charge on any atom is -0.461 e. The Bertz CT molecular complexity index is 230. The molecule has 3 heteroatoms. The summed E-state index contributed by atoms with van der Waals surface area (Å²) in [7, 11) is 0. The lowest BCUT2D eigenvalue weighted by molar-refractivity contribution is -0.149. The van der Waals surface area contributed by atoms with E-state index in [4.69, 9.17) is 16.3 Å². The smallest absolute Gasteiger partial charge is 0.321 e. The fraction of sp³-hybridized carbons (Fsp3) is 0.917. The maximum atomic E-state index is 11.1. The summed E-state index contributed by atoms with van der Waals surface area (Å²) in [5.74, 6) is 1.45. The van der Waals surface area contributed by atoms with E-state index in [0.717, 1.165) is 24.7 Å². The predicted octanol–water partition coefficient (Wildman–Crippen LogP) is 3.13. The molecule has 0 N–H and O–H groups in total. The first-order valence-corrected chi connectivity index (χ1v) is 6.58. The molecule has 0 aromatic heterocycles. The van der Waals surface area contributed by atoms with Crippen LogP contribution in [0, 0.1) is 11.8 Å². The van der Waals surface area contributed by atoms with E-state index in [2.05, 4.69) is 0 Å². The van der Waals surface area contributed by atoms with E-state index in [0.29, 0.717) is 0 Å². The number of rotatable bonds is 2. The highest BCUT2D eigenvalue weighted by Gasteiger charge is 2.33. The van der Waals surface area contributed by atoms with Gasteiger partial charge in [0.2, 0.25) is 0 Å². The van der Waals surface area contributed by atoms with Crippen molar-refractivity contribution in [2.45, 2.75) is 51.0 Å². The standard InChI is InChI=1S/C12H19ClO2/c13-8-12(14)15-11-6-5-9-3-1-2-4-10(9)7-11/h9-11H,1-8H2.